The highest BCUT2D eigenvalue weighted by molar-refractivity contribution is 5.25. The molecule has 1 rings (SSSR count). The summed E-state index contributed by atoms with van der Waals surface area (Å²) >= 11 is 0. The van der Waals surface area contributed by atoms with Crippen LogP contribution in [0, 0.1) is 11.6 Å². The molecule has 0 heterocycles. The molecule has 1 aromatic rings. The van der Waals surface area contributed by atoms with Crippen molar-refractivity contribution < 1.29 is 8.78 Å². The summed E-state index contributed by atoms with van der Waals surface area (Å²) in [4.78, 5) is 0. The molecular formula is C11H12F2. The van der Waals surface area contributed by atoms with E-state index in [-0.39, 0.29) is 5.92 Å². The fourth-order valence-corrected chi connectivity index (χ4v) is 1.32. The number of allylic oxidation sites excluding steroid dienone is 1. The molecule has 13 heavy (non-hydrogen) atoms. The predicted octanol–water partition coefficient (Wildman–Crippen LogP) is 3.64. The van der Waals surface area contributed by atoms with Crippen LogP contribution in [0.5, 0.6) is 0 Å². The highest BCUT2D eigenvalue weighted by Gasteiger charge is 2.13. The second kappa shape index (κ2) is 4.17. The average molecular weight is 182 g/mol. The zero-order valence-electron chi connectivity index (χ0n) is 7.56. The van der Waals surface area contributed by atoms with Crippen LogP contribution >= 0.6 is 0 Å². The van der Waals surface area contributed by atoms with Gasteiger partial charge >= 0.3 is 0 Å². The van der Waals surface area contributed by atoms with E-state index in [4.69, 9.17) is 0 Å². The molecule has 0 nitrogen and oxygen atoms in total. The monoisotopic (exact) mass is 182 g/mol. The Balaban J connectivity index is 3.13. The van der Waals surface area contributed by atoms with Gasteiger partial charge < -0.3 is 0 Å². The van der Waals surface area contributed by atoms with Crippen molar-refractivity contribution in [3.63, 3.8) is 0 Å². The van der Waals surface area contributed by atoms with Gasteiger partial charge in [-0.1, -0.05) is 25.1 Å². The third-order valence-electron chi connectivity index (χ3n) is 2.11. The van der Waals surface area contributed by atoms with Gasteiger partial charge in [0.2, 0.25) is 0 Å². The Bertz CT molecular complexity index is 305. The van der Waals surface area contributed by atoms with Crippen LogP contribution in [0.2, 0.25) is 0 Å². The van der Waals surface area contributed by atoms with Crippen molar-refractivity contribution in [2.75, 3.05) is 0 Å². The SMILES string of the molecule is C=CC(CC)c1cccc(F)c1F. The van der Waals surface area contributed by atoms with Gasteiger partial charge in [0.05, 0.1) is 0 Å². The number of hydrogen-bond donors (Lipinski definition) is 0. The van der Waals surface area contributed by atoms with Crippen LogP contribution in [0.1, 0.15) is 24.8 Å². The van der Waals surface area contributed by atoms with Crippen molar-refractivity contribution in [3.05, 3.63) is 48.1 Å². The molecule has 0 saturated carbocycles. The topological polar surface area (TPSA) is 0 Å². The molecule has 0 N–H and O–H groups in total. The van der Waals surface area contributed by atoms with Crippen molar-refractivity contribution in [3.8, 4) is 0 Å². The minimum atomic E-state index is -0.794. The van der Waals surface area contributed by atoms with Crippen LogP contribution in [-0.4, -0.2) is 0 Å². The van der Waals surface area contributed by atoms with E-state index in [1.165, 1.54) is 6.07 Å². The van der Waals surface area contributed by atoms with Gasteiger partial charge in [-0.25, -0.2) is 8.78 Å². The Morgan fingerprint density at radius 1 is 1.46 bits per heavy atom. The normalized spacial score (nSPS) is 12.5. The third kappa shape index (κ3) is 1.94. The van der Waals surface area contributed by atoms with Crippen LogP contribution in [-0.2, 0) is 0 Å². The number of hydrogen-bond acceptors (Lipinski definition) is 0. The van der Waals surface area contributed by atoms with E-state index in [0.29, 0.717) is 5.56 Å². The summed E-state index contributed by atoms with van der Waals surface area (Å²) in [7, 11) is 0. The number of benzene rings is 1. The smallest absolute Gasteiger partial charge is 0.162 e. The zero-order chi connectivity index (χ0) is 9.84. The summed E-state index contributed by atoms with van der Waals surface area (Å²) in [5, 5.41) is 0. The standard InChI is InChI=1S/C11H12F2/c1-3-8(4-2)9-6-5-7-10(12)11(9)13/h3,5-8H,1,4H2,2H3. The fourth-order valence-electron chi connectivity index (χ4n) is 1.32. The van der Waals surface area contributed by atoms with Crippen molar-refractivity contribution in [1.82, 2.24) is 0 Å². The first-order valence-electron chi connectivity index (χ1n) is 4.27. The average Bonchev–Trinajstić information content (AvgIpc) is 2.14. The number of halogens is 2. The molecule has 0 bridgehead atoms. The van der Waals surface area contributed by atoms with Gasteiger partial charge in [0.15, 0.2) is 11.6 Å². The summed E-state index contributed by atoms with van der Waals surface area (Å²) < 4.78 is 26.0. The third-order valence-corrected chi connectivity index (χ3v) is 2.11. The van der Waals surface area contributed by atoms with Crippen LogP contribution in [0.15, 0.2) is 30.9 Å². The van der Waals surface area contributed by atoms with Gasteiger partial charge in [-0.05, 0) is 18.1 Å². The van der Waals surface area contributed by atoms with Crippen molar-refractivity contribution >= 4 is 0 Å². The highest BCUT2D eigenvalue weighted by atomic mass is 19.2. The highest BCUT2D eigenvalue weighted by Crippen LogP contribution is 2.24. The summed E-state index contributed by atoms with van der Waals surface area (Å²) in [6, 6.07) is 4.23. The lowest BCUT2D eigenvalue weighted by Crippen LogP contribution is -1.99. The van der Waals surface area contributed by atoms with Crippen LogP contribution in [0.3, 0.4) is 0 Å². The van der Waals surface area contributed by atoms with E-state index in [0.717, 1.165) is 12.5 Å². The Labute approximate surface area is 76.9 Å². The Morgan fingerprint density at radius 2 is 2.15 bits per heavy atom. The molecule has 0 radical (unpaired) electrons. The molecule has 1 atom stereocenters. The summed E-state index contributed by atoms with van der Waals surface area (Å²) in [6.45, 7) is 5.50. The molecule has 0 fully saturated rings. The van der Waals surface area contributed by atoms with Crippen LogP contribution in [0.25, 0.3) is 0 Å². The minimum Gasteiger partial charge on any atom is -0.204 e. The first-order valence-corrected chi connectivity index (χ1v) is 4.27. The Hall–Kier alpha value is -1.18. The summed E-state index contributed by atoms with van der Waals surface area (Å²) in [5.74, 6) is -1.65. The first-order chi connectivity index (χ1) is 6.20. The van der Waals surface area contributed by atoms with Crippen molar-refractivity contribution in [1.29, 1.82) is 0 Å². The van der Waals surface area contributed by atoms with E-state index < -0.39 is 11.6 Å². The summed E-state index contributed by atoms with van der Waals surface area (Å²) in [5.41, 5.74) is 0.387. The molecule has 1 aromatic carbocycles. The molecule has 0 aromatic heterocycles. The Morgan fingerprint density at radius 3 is 2.69 bits per heavy atom. The second-order valence-electron chi connectivity index (χ2n) is 2.89. The van der Waals surface area contributed by atoms with Gasteiger partial charge in [-0.2, -0.15) is 0 Å². The van der Waals surface area contributed by atoms with Crippen molar-refractivity contribution in [2.45, 2.75) is 19.3 Å². The van der Waals surface area contributed by atoms with E-state index in [1.54, 1.807) is 12.1 Å². The molecule has 0 saturated heterocycles. The van der Waals surface area contributed by atoms with E-state index >= 15 is 0 Å². The van der Waals surface area contributed by atoms with E-state index in [2.05, 4.69) is 6.58 Å². The molecule has 2 heteroatoms. The maximum atomic E-state index is 13.2. The maximum absolute atomic E-state index is 13.2. The molecule has 0 aliphatic rings. The largest absolute Gasteiger partial charge is 0.204 e. The molecule has 0 spiro atoms. The molecule has 1 unspecified atom stereocenters. The maximum Gasteiger partial charge on any atom is 0.162 e. The molecular weight excluding hydrogens is 170 g/mol. The van der Waals surface area contributed by atoms with Crippen LogP contribution in [0.4, 0.5) is 8.78 Å². The van der Waals surface area contributed by atoms with Gasteiger partial charge in [-0.15, -0.1) is 6.58 Å². The lowest BCUT2D eigenvalue weighted by atomic mass is 9.96. The predicted molar refractivity (Wildman–Crippen MR) is 49.6 cm³/mol. The first kappa shape index (κ1) is 9.90. The van der Waals surface area contributed by atoms with Gasteiger partial charge in [0.1, 0.15) is 0 Å². The fraction of sp³-hybridized carbons (Fsp3) is 0.273. The Kier molecular flexibility index (Phi) is 3.18. The lowest BCUT2D eigenvalue weighted by Gasteiger charge is -2.10. The minimum absolute atomic E-state index is 0.101. The molecule has 0 aliphatic carbocycles. The van der Waals surface area contributed by atoms with E-state index in [1.807, 2.05) is 6.92 Å². The quantitative estimate of drug-likeness (QED) is 0.626. The van der Waals surface area contributed by atoms with Gasteiger partial charge in [-0.3, -0.25) is 0 Å². The van der Waals surface area contributed by atoms with Gasteiger partial charge in [0.25, 0.3) is 0 Å². The van der Waals surface area contributed by atoms with Gasteiger partial charge in [0, 0.05) is 5.92 Å². The zero-order valence-corrected chi connectivity index (χ0v) is 7.56. The molecule has 0 amide bonds. The second-order valence-corrected chi connectivity index (χ2v) is 2.89. The summed E-state index contributed by atoms with van der Waals surface area (Å²) in [6.07, 6.45) is 2.36. The van der Waals surface area contributed by atoms with E-state index in [9.17, 15) is 8.78 Å². The lowest BCUT2D eigenvalue weighted by molar-refractivity contribution is 0.493. The molecule has 0 aliphatic heterocycles. The molecule has 70 valence electrons. The van der Waals surface area contributed by atoms with Crippen molar-refractivity contribution in [2.24, 2.45) is 0 Å². The number of rotatable bonds is 3. The van der Waals surface area contributed by atoms with Crippen LogP contribution < -0.4 is 0 Å².